The molecule has 0 bridgehead atoms. The van der Waals surface area contributed by atoms with Gasteiger partial charge in [-0.25, -0.2) is 4.98 Å². The third-order valence-corrected chi connectivity index (χ3v) is 5.43. The van der Waals surface area contributed by atoms with Crippen molar-refractivity contribution in [3.8, 4) is 0 Å². The van der Waals surface area contributed by atoms with Crippen LogP contribution in [0.5, 0.6) is 0 Å². The van der Waals surface area contributed by atoms with E-state index in [4.69, 9.17) is 23.1 Å². The predicted octanol–water partition coefficient (Wildman–Crippen LogP) is 3.19. The number of aryl methyl sites for hydroxylation is 1. The van der Waals surface area contributed by atoms with Crippen molar-refractivity contribution < 1.29 is 9.59 Å². The van der Waals surface area contributed by atoms with Crippen LogP contribution in [0.1, 0.15) is 43.1 Å². The number of nitrogen functional groups attached to an aromatic ring is 1. The first kappa shape index (κ1) is 22.2. The zero-order valence-corrected chi connectivity index (χ0v) is 18.6. The molecule has 0 aliphatic heterocycles. The summed E-state index contributed by atoms with van der Waals surface area (Å²) in [5.74, 6) is -0.375. The number of carbonyl (C=O) groups excluding carboxylic acids is 2. The Hall–Kier alpha value is -4.04. The first-order valence-electron chi connectivity index (χ1n) is 10.1. The molecule has 0 radical (unpaired) electrons. The highest BCUT2D eigenvalue weighted by molar-refractivity contribution is 6.31. The van der Waals surface area contributed by atoms with Crippen LogP contribution in [0.3, 0.4) is 0 Å². The third kappa shape index (κ3) is 5.07. The Morgan fingerprint density at radius 1 is 1.06 bits per heavy atom. The van der Waals surface area contributed by atoms with Crippen molar-refractivity contribution in [3.63, 3.8) is 0 Å². The average molecular weight is 461 g/mol. The molecule has 0 saturated carbocycles. The quantitative estimate of drug-likeness (QED) is 0.404. The van der Waals surface area contributed by atoms with Crippen LogP contribution in [0.25, 0.3) is 10.9 Å². The summed E-state index contributed by atoms with van der Waals surface area (Å²) in [6.07, 6.45) is 5.10. The van der Waals surface area contributed by atoms with E-state index in [-0.39, 0.29) is 5.91 Å². The summed E-state index contributed by atoms with van der Waals surface area (Å²) in [5.41, 5.74) is 15.8. The molecule has 0 aliphatic rings. The maximum absolute atomic E-state index is 12.7. The fourth-order valence-corrected chi connectivity index (χ4v) is 3.74. The van der Waals surface area contributed by atoms with Gasteiger partial charge in [-0.3, -0.25) is 19.6 Å². The lowest BCUT2D eigenvalue weighted by molar-refractivity contribution is 0.0949. The van der Waals surface area contributed by atoms with Crippen LogP contribution in [-0.4, -0.2) is 26.8 Å². The van der Waals surface area contributed by atoms with Gasteiger partial charge in [0.15, 0.2) is 0 Å². The smallest absolute Gasteiger partial charge is 0.251 e. The molecule has 3 heterocycles. The second-order valence-corrected chi connectivity index (χ2v) is 8.10. The Morgan fingerprint density at radius 3 is 2.64 bits per heavy atom. The van der Waals surface area contributed by atoms with E-state index in [9.17, 15) is 9.59 Å². The number of halogens is 1. The Balaban J connectivity index is 1.55. The largest absolute Gasteiger partial charge is 0.384 e. The maximum Gasteiger partial charge on any atom is 0.251 e. The molecule has 2 amide bonds. The number of amides is 2. The summed E-state index contributed by atoms with van der Waals surface area (Å²) >= 11 is 6.06. The Labute approximate surface area is 195 Å². The van der Waals surface area contributed by atoms with Crippen LogP contribution in [0.4, 0.5) is 5.82 Å². The number of aromatic nitrogens is 3. The molecular weight excluding hydrogens is 440 g/mol. The lowest BCUT2D eigenvalue weighted by Crippen LogP contribution is -2.23. The minimum absolute atomic E-state index is 0.234. The van der Waals surface area contributed by atoms with Crippen LogP contribution in [0.15, 0.2) is 55.0 Å². The molecule has 9 heteroatoms. The van der Waals surface area contributed by atoms with Gasteiger partial charge in [0.1, 0.15) is 5.82 Å². The van der Waals surface area contributed by atoms with E-state index >= 15 is 0 Å². The third-order valence-electron chi connectivity index (χ3n) is 5.22. The van der Waals surface area contributed by atoms with Crippen LogP contribution in [0, 0.1) is 6.92 Å². The monoisotopic (exact) mass is 460 g/mol. The Morgan fingerprint density at radius 2 is 1.88 bits per heavy atom. The highest BCUT2D eigenvalue weighted by atomic mass is 35.5. The normalized spacial score (nSPS) is 10.8. The number of nitrogens with two attached hydrogens (primary N) is 2. The number of nitrogens with one attached hydrogen (secondary N) is 1. The van der Waals surface area contributed by atoms with Crippen LogP contribution in [-0.2, 0) is 13.0 Å². The van der Waals surface area contributed by atoms with Gasteiger partial charge in [-0.15, -0.1) is 0 Å². The van der Waals surface area contributed by atoms with E-state index in [1.54, 1.807) is 42.7 Å². The second-order valence-electron chi connectivity index (χ2n) is 7.66. The number of anilines is 1. The minimum Gasteiger partial charge on any atom is -0.384 e. The van der Waals surface area contributed by atoms with Gasteiger partial charge in [0.05, 0.1) is 16.1 Å². The topological polar surface area (TPSA) is 137 Å². The SMILES string of the molecule is Cc1cc(N)ncc1CNC(=O)c1ccnc(Cc2cc(C(N)=O)c3ncc(Cl)cc3c2)c1. The highest BCUT2D eigenvalue weighted by Crippen LogP contribution is 2.23. The molecule has 0 saturated heterocycles. The van der Waals surface area contributed by atoms with Crippen LogP contribution < -0.4 is 16.8 Å². The zero-order chi connectivity index (χ0) is 23.5. The lowest BCUT2D eigenvalue weighted by atomic mass is 10.0. The first-order chi connectivity index (χ1) is 15.8. The number of pyridine rings is 3. The van der Waals surface area contributed by atoms with Crippen molar-refractivity contribution in [2.45, 2.75) is 19.9 Å². The van der Waals surface area contributed by atoms with Crippen molar-refractivity contribution in [2.75, 3.05) is 5.73 Å². The molecule has 5 N–H and O–H groups in total. The molecule has 33 heavy (non-hydrogen) atoms. The standard InChI is InChI=1S/C24H21ClN6O2/c1-13-4-21(26)29-10-17(13)11-31-24(33)15-2-3-28-19(9-15)6-14-5-16-8-18(25)12-30-22(16)20(7-14)23(27)32/h2-5,7-10,12H,6,11H2,1H3,(H2,26,29)(H2,27,32)(H,31,33). The summed E-state index contributed by atoms with van der Waals surface area (Å²) < 4.78 is 0. The van der Waals surface area contributed by atoms with E-state index in [1.807, 2.05) is 13.0 Å². The van der Waals surface area contributed by atoms with E-state index in [0.717, 1.165) is 16.7 Å². The number of hydrogen-bond donors (Lipinski definition) is 3. The number of hydrogen-bond acceptors (Lipinski definition) is 6. The molecule has 0 spiro atoms. The first-order valence-corrected chi connectivity index (χ1v) is 10.5. The van der Waals surface area contributed by atoms with E-state index in [2.05, 4.69) is 20.3 Å². The van der Waals surface area contributed by atoms with E-state index < -0.39 is 5.91 Å². The molecule has 3 aromatic heterocycles. The van der Waals surface area contributed by atoms with Gasteiger partial charge in [-0.1, -0.05) is 11.6 Å². The summed E-state index contributed by atoms with van der Waals surface area (Å²) in [4.78, 5) is 37.3. The zero-order valence-electron chi connectivity index (χ0n) is 17.8. The molecule has 0 fully saturated rings. The van der Waals surface area contributed by atoms with Gasteiger partial charge in [-0.2, -0.15) is 0 Å². The molecule has 0 atom stereocenters. The summed E-state index contributed by atoms with van der Waals surface area (Å²) in [5, 5.41) is 4.05. The Kier molecular flexibility index (Phi) is 6.19. The van der Waals surface area contributed by atoms with Gasteiger partial charge in [-0.05, 0) is 60.0 Å². The van der Waals surface area contributed by atoms with Crippen LogP contribution in [0.2, 0.25) is 5.02 Å². The minimum atomic E-state index is -0.579. The number of rotatable bonds is 6. The van der Waals surface area contributed by atoms with Crippen molar-refractivity contribution in [1.82, 2.24) is 20.3 Å². The van der Waals surface area contributed by atoms with Gasteiger partial charge < -0.3 is 16.8 Å². The van der Waals surface area contributed by atoms with Crippen molar-refractivity contribution >= 4 is 40.1 Å². The molecule has 4 rings (SSSR count). The molecule has 8 nitrogen and oxygen atoms in total. The van der Waals surface area contributed by atoms with E-state index in [1.165, 1.54) is 6.20 Å². The molecule has 0 aliphatic carbocycles. The van der Waals surface area contributed by atoms with Crippen molar-refractivity contribution in [2.24, 2.45) is 5.73 Å². The summed E-state index contributed by atoms with van der Waals surface area (Å²) in [6.45, 7) is 2.24. The number of primary amides is 1. The number of carbonyl (C=O) groups is 2. The van der Waals surface area contributed by atoms with E-state index in [0.29, 0.717) is 51.5 Å². The van der Waals surface area contributed by atoms with Crippen LogP contribution >= 0.6 is 11.6 Å². The van der Waals surface area contributed by atoms with Crippen molar-refractivity contribution in [3.05, 3.63) is 93.5 Å². The van der Waals surface area contributed by atoms with Gasteiger partial charge in [0, 0.05) is 48.2 Å². The molecule has 1 aromatic carbocycles. The van der Waals surface area contributed by atoms with Crippen molar-refractivity contribution in [1.29, 1.82) is 0 Å². The number of nitrogens with zero attached hydrogens (tertiary/aromatic N) is 3. The molecule has 0 unspecified atom stereocenters. The molecular formula is C24H21ClN6O2. The Bertz CT molecular complexity index is 1390. The fourth-order valence-electron chi connectivity index (χ4n) is 3.57. The molecule has 4 aromatic rings. The molecule has 166 valence electrons. The summed E-state index contributed by atoms with van der Waals surface area (Å²) in [7, 11) is 0. The van der Waals surface area contributed by atoms with Gasteiger partial charge >= 0.3 is 0 Å². The number of fused-ring (bicyclic) bond motifs is 1. The fraction of sp³-hybridized carbons (Fsp3) is 0.125. The highest BCUT2D eigenvalue weighted by Gasteiger charge is 2.13. The van der Waals surface area contributed by atoms with Gasteiger partial charge in [0.25, 0.3) is 11.8 Å². The van der Waals surface area contributed by atoms with Gasteiger partial charge in [0.2, 0.25) is 0 Å². The number of benzene rings is 1. The lowest BCUT2D eigenvalue weighted by Gasteiger charge is -2.10. The second kappa shape index (κ2) is 9.22. The summed E-state index contributed by atoms with van der Waals surface area (Å²) in [6, 6.07) is 10.4. The maximum atomic E-state index is 12.7. The average Bonchev–Trinajstić information content (AvgIpc) is 2.77. The predicted molar refractivity (Wildman–Crippen MR) is 127 cm³/mol.